The number of aromatic amines is 1. The maximum atomic E-state index is 12.9. The zero-order valence-electron chi connectivity index (χ0n) is 15.8. The highest BCUT2D eigenvalue weighted by molar-refractivity contribution is 5.92. The van der Waals surface area contributed by atoms with E-state index in [1.165, 1.54) is 6.20 Å². The molecule has 10 heteroatoms. The lowest BCUT2D eigenvalue weighted by atomic mass is 9.93. The molecule has 2 aromatic heterocycles. The number of amides is 1. The third kappa shape index (κ3) is 4.47. The Balaban J connectivity index is 1.32. The Morgan fingerprint density at radius 1 is 1.23 bits per heavy atom. The normalized spacial score (nSPS) is 15.5. The number of aromatic nitrogens is 2. The van der Waals surface area contributed by atoms with Crippen LogP contribution in [0.5, 0.6) is 0 Å². The van der Waals surface area contributed by atoms with Crippen LogP contribution in [0.15, 0.2) is 45.7 Å². The molecule has 0 atom stereocenters. The van der Waals surface area contributed by atoms with Crippen molar-refractivity contribution in [3.05, 3.63) is 52.6 Å². The lowest BCUT2D eigenvalue weighted by Gasteiger charge is -2.32. The predicted octanol–water partition coefficient (Wildman–Crippen LogP) is 3.78. The van der Waals surface area contributed by atoms with Crippen LogP contribution in [-0.2, 0) is 11.0 Å². The lowest BCUT2D eigenvalue weighted by Crippen LogP contribution is -2.35. The topological polar surface area (TPSA) is 91.2 Å². The zero-order valence-corrected chi connectivity index (χ0v) is 15.8. The number of anilines is 2. The van der Waals surface area contributed by atoms with Gasteiger partial charge in [0.15, 0.2) is 5.58 Å². The van der Waals surface area contributed by atoms with Gasteiger partial charge in [-0.25, -0.2) is 9.78 Å². The minimum atomic E-state index is -4.40. The maximum Gasteiger partial charge on any atom is 0.417 e. The molecular formula is C20H19F3N4O3. The van der Waals surface area contributed by atoms with Crippen molar-refractivity contribution in [2.24, 2.45) is 5.92 Å². The summed E-state index contributed by atoms with van der Waals surface area (Å²) in [4.78, 5) is 32.0. The molecule has 0 spiro atoms. The van der Waals surface area contributed by atoms with E-state index in [-0.39, 0.29) is 11.8 Å². The van der Waals surface area contributed by atoms with Crippen molar-refractivity contribution in [2.75, 3.05) is 23.3 Å². The number of hydrogen-bond acceptors (Lipinski definition) is 5. The zero-order chi connectivity index (χ0) is 21.3. The van der Waals surface area contributed by atoms with Crippen LogP contribution in [0.4, 0.5) is 24.7 Å². The largest absolute Gasteiger partial charge is 0.417 e. The Morgan fingerprint density at radius 3 is 2.73 bits per heavy atom. The van der Waals surface area contributed by atoms with Crippen molar-refractivity contribution in [1.82, 2.24) is 9.97 Å². The number of alkyl halides is 3. The van der Waals surface area contributed by atoms with Crippen LogP contribution in [0.25, 0.3) is 11.1 Å². The average Bonchev–Trinajstić information content (AvgIpc) is 3.07. The Kier molecular flexibility index (Phi) is 5.23. The fourth-order valence-electron chi connectivity index (χ4n) is 3.63. The first kappa shape index (κ1) is 20.0. The van der Waals surface area contributed by atoms with Gasteiger partial charge in [-0.1, -0.05) is 0 Å². The molecule has 0 radical (unpaired) electrons. The quantitative estimate of drug-likeness (QED) is 0.670. The Labute approximate surface area is 168 Å². The number of H-pyrrole nitrogens is 1. The molecule has 0 unspecified atom stereocenters. The van der Waals surface area contributed by atoms with Gasteiger partial charge in [-0.2, -0.15) is 13.2 Å². The van der Waals surface area contributed by atoms with E-state index in [0.717, 1.165) is 12.1 Å². The Hall–Kier alpha value is -3.30. The van der Waals surface area contributed by atoms with Gasteiger partial charge in [0.2, 0.25) is 5.91 Å². The van der Waals surface area contributed by atoms with Gasteiger partial charge in [0.05, 0.1) is 11.1 Å². The monoisotopic (exact) mass is 420 g/mol. The van der Waals surface area contributed by atoms with E-state index >= 15 is 0 Å². The number of halogens is 3. The van der Waals surface area contributed by atoms with Gasteiger partial charge in [-0.05, 0) is 43.0 Å². The molecule has 3 heterocycles. The van der Waals surface area contributed by atoms with E-state index < -0.39 is 17.5 Å². The third-order valence-electron chi connectivity index (χ3n) is 5.19. The summed E-state index contributed by atoms with van der Waals surface area (Å²) in [5, 5.41) is 2.79. The van der Waals surface area contributed by atoms with E-state index in [0.29, 0.717) is 55.0 Å². The molecule has 1 amide bonds. The molecule has 0 aliphatic carbocycles. The summed E-state index contributed by atoms with van der Waals surface area (Å²) < 4.78 is 43.7. The SMILES string of the molecule is O=C(CC1CCN(c2cc(C(F)(F)F)ccn2)CC1)Nc1ccc2[nH]c(=O)oc2c1. The highest BCUT2D eigenvalue weighted by Gasteiger charge is 2.31. The van der Waals surface area contributed by atoms with Gasteiger partial charge in [0.25, 0.3) is 0 Å². The summed E-state index contributed by atoms with van der Waals surface area (Å²) in [7, 11) is 0. The summed E-state index contributed by atoms with van der Waals surface area (Å²) in [6, 6.07) is 6.91. The molecule has 1 aliphatic rings. The second kappa shape index (κ2) is 7.85. The second-order valence-electron chi connectivity index (χ2n) is 7.31. The van der Waals surface area contributed by atoms with Crippen LogP contribution in [-0.4, -0.2) is 29.0 Å². The summed E-state index contributed by atoms with van der Waals surface area (Å²) in [6.07, 6.45) is -1.58. The van der Waals surface area contributed by atoms with Crippen LogP contribution in [0.3, 0.4) is 0 Å². The predicted molar refractivity (Wildman–Crippen MR) is 104 cm³/mol. The van der Waals surface area contributed by atoms with E-state index in [9.17, 15) is 22.8 Å². The molecular weight excluding hydrogens is 401 g/mol. The Bertz CT molecular complexity index is 1110. The molecule has 1 aliphatic heterocycles. The van der Waals surface area contributed by atoms with Gasteiger partial charge in [0, 0.05) is 37.5 Å². The molecule has 1 fully saturated rings. The first-order chi connectivity index (χ1) is 14.3. The first-order valence-electron chi connectivity index (χ1n) is 9.49. The number of benzene rings is 1. The first-order valence-corrected chi connectivity index (χ1v) is 9.49. The van der Waals surface area contributed by atoms with Crippen LogP contribution in [0, 0.1) is 5.92 Å². The number of nitrogens with one attached hydrogen (secondary N) is 2. The van der Waals surface area contributed by atoms with Crippen LogP contribution < -0.4 is 16.0 Å². The standard InChI is InChI=1S/C20H19F3N4O3/c21-20(22,23)13-3-6-24-17(10-13)27-7-4-12(5-8-27)9-18(28)25-14-1-2-15-16(11-14)30-19(29)26-15/h1-3,6,10-12H,4-5,7-9H2,(H,25,28)(H,26,29). The van der Waals surface area contributed by atoms with Crippen molar-refractivity contribution in [3.8, 4) is 0 Å². The number of pyridine rings is 1. The molecule has 30 heavy (non-hydrogen) atoms. The second-order valence-corrected chi connectivity index (χ2v) is 7.31. The number of carbonyl (C=O) groups excluding carboxylic acids is 1. The molecule has 2 N–H and O–H groups in total. The molecule has 0 bridgehead atoms. The minimum Gasteiger partial charge on any atom is -0.408 e. The number of piperidine rings is 1. The van der Waals surface area contributed by atoms with Crippen LogP contribution >= 0.6 is 0 Å². The van der Waals surface area contributed by atoms with Crippen molar-refractivity contribution in [2.45, 2.75) is 25.4 Å². The van der Waals surface area contributed by atoms with Gasteiger partial charge in [-0.15, -0.1) is 0 Å². The Morgan fingerprint density at radius 2 is 2.00 bits per heavy atom. The summed E-state index contributed by atoms with van der Waals surface area (Å²) in [5.74, 6) is -0.298. The molecule has 0 saturated carbocycles. The highest BCUT2D eigenvalue weighted by Crippen LogP contribution is 2.32. The van der Waals surface area contributed by atoms with Crippen LogP contribution in [0.1, 0.15) is 24.8 Å². The lowest BCUT2D eigenvalue weighted by molar-refractivity contribution is -0.137. The molecule has 158 valence electrons. The molecule has 4 rings (SSSR count). The number of oxazole rings is 1. The van der Waals surface area contributed by atoms with Crippen LogP contribution in [0.2, 0.25) is 0 Å². The van der Waals surface area contributed by atoms with Crippen molar-refractivity contribution < 1.29 is 22.4 Å². The number of fused-ring (bicyclic) bond motifs is 1. The maximum absolute atomic E-state index is 12.9. The number of nitrogens with zero attached hydrogens (tertiary/aromatic N) is 2. The van der Waals surface area contributed by atoms with E-state index in [1.54, 1.807) is 18.2 Å². The fraction of sp³-hybridized carbons (Fsp3) is 0.350. The average molecular weight is 420 g/mol. The van der Waals surface area contributed by atoms with Crippen molar-refractivity contribution in [1.29, 1.82) is 0 Å². The number of carbonyl (C=O) groups is 1. The van der Waals surface area contributed by atoms with E-state index in [2.05, 4.69) is 15.3 Å². The summed E-state index contributed by atoms with van der Waals surface area (Å²) in [5.41, 5.74) is 0.721. The highest BCUT2D eigenvalue weighted by atomic mass is 19.4. The van der Waals surface area contributed by atoms with Gasteiger partial charge >= 0.3 is 11.9 Å². The summed E-state index contributed by atoms with van der Waals surface area (Å²) >= 11 is 0. The molecule has 1 aromatic carbocycles. The smallest absolute Gasteiger partial charge is 0.408 e. The molecule has 1 saturated heterocycles. The van der Waals surface area contributed by atoms with Gasteiger partial charge in [-0.3, -0.25) is 9.78 Å². The van der Waals surface area contributed by atoms with Crippen molar-refractivity contribution >= 4 is 28.5 Å². The van der Waals surface area contributed by atoms with Crippen molar-refractivity contribution in [3.63, 3.8) is 0 Å². The molecule has 7 nitrogen and oxygen atoms in total. The third-order valence-corrected chi connectivity index (χ3v) is 5.19. The number of hydrogen-bond donors (Lipinski definition) is 2. The van der Waals surface area contributed by atoms with Gasteiger partial charge in [0.1, 0.15) is 5.82 Å². The number of rotatable bonds is 4. The fourth-order valence-corrected chi connectivity index (χ4v) is 3.63. The molecule has 3 aromatic rings. The minimum absolute atomic E-state index is 0.126. The summed E-state index contributed by atoms with van der Waals surface area (Å²) in [6.45, 7) is 1.07. The van der Waals surface area contributed by atoms with Gasteiger partial charge < -0.3 is 14.6 Å². The van der Waals surface area contributed by atoms with E-state index in [4.69, 9.17) is 4.42 Å². The van der Waals surface area contributed by atoms with E-state index in [1.807, 2.05) is 4.90 Å².